The Morgan fingerprint density at radius 2 is 2.18 bits per heavy atom. The van der Waals surface area contributed by atoms with Crippen LogP contribution in [0.3, 0.4) is 0 Å². The van der Waals surface area contributed by atoms with Gasteiger partial charge in [0, 0.05) is 6.54 Å². The van der Waals surface area contributed by atoms with E-state index in [1.165, 1.54) is 0 Å². The minimum absolute atomic E-state index is 0.234. The zero-order valence-corrected chi connectivity index (χ0v) is 10.2. The highest BCUT2D eigenvalue weighted by Crippen LogP contribution is 2.10. The van der Waals surface area contributed by atoms with Crippen molar-refractivity contribution in [2.45, 2.75) is 26.3 Å². The summed E-state index contributed by atoms with van der Waals surface area (Å²) in [5.41, 5.74) is -0.210. The van der Waals surface area contributed by atoms with Crippen molar-refractivity contribution in [3.63, 3.8) is 0 Å². The molecule has 5 heteroatoms. The van der Waals surface area contributed by atoms with Crippen LogP contribution in [0.15, 0.2) is 12.1 Å². The number of carbonyl (C=O) groups excluding carboxylic acids is 1. The second-order valence-corrected chi connectivity index (χ2v) is 4.06. The molecule has 0 saturated carbocycles. The first-order chi connectivity index (χ1) is 7.98. The molecule has 0 atom stereocenters. The van der Waals surface area contributed by atoms with Crippen molar-refractivity contribution in [1.82, 2.24) is 15.5 Å². The van der Waals surface area contributed by atoms with Crippen molar-refractivity contribution in [2.75, 3.05) is 11.9 Å². The Morgan fingerprint density at radius 3 is 2.65 bits per heavy atom. The van der Waals surface area contributed by atoms with Crippen LogP contribution in [0.5, 0.6) is 0 Å². The van der Waals surface area contributed by atoms with E-state index in [0.29, 0.717) is 12.4 Å². The first kappa shape index (κ1) is 13.0. The zero-order chi connectivity index (χ0) is 12.9. The van der Waals surface area contributed by atoms with Crippen molar-refractivity contribution in [1.29, 1.82) is 0 Å². The van der Waals surface area contributed by atoms with Gasteiger partial charge >= 0.3 is 0 Å². The van der Waals surface area contributed by atoms with Crippen LogP contribution < -0.4 is 10.6 Å². The third-order valence-corrected chi connectivity index (χ3v) is 2.04. The van der Waals surface area contributed by atoms with Crippen LogP contribution in [-0.2, 0) is 0 Å². The lowest BCUT2D eigenvalue weighted by atomic mass is 10.1. The molecule has 1 rings (SSSR count). The number of aromatic nitrogens is 2. The van der Waals surface area contributed by atoms with Crippen molar-refractivity contribution in [3.8, 4) is 12.3 Å². The lowest BCUT2D eigenvalue weighted by Crippen LogP contribution is -2.29. The van der Waals surface area contributed by atoms with Gasteiger partial charge in [0.2, 0.25) is 0 Å². The smallest absolute Gasteiger partial charge is 0.271 e. The summed E-state index contributed by atoms with van der Waals surface area (Å²) < 4.78 is 0. The van der Waals surface area contributed by atoms with Gasteiger partial charge in [0.15, 0.2) is 5.69 Å². The van der Waals surface area contributed by atoms with E-state index in [1.807, 2.05) is 20.8 Å². The molecule has 0 fully saturated rings. The molecule has 0 aliphatic carbocycles. The molecule has 0 saturated heterocycles. The molecule has 0 radical (unpaired) electrons. The summed E-state index contributed by atoms with van der Waals surface area (Å²) in [6, 6.07) is 3.28. The number of rotatable bonds is 4. The van der Waals surface area contributed by atoms with Crippen LogP contribution in [0.4, 0.5) is 5.82 Å². The highest BCUT2D eigenvalue weighted by Gasteiger charge is 2.14. The van der Waals surface area contributed by atoms with Crippen molar-refractivity contribution in [2.24, 2.45) is 0 Å². The van der Waals surface area contributed by atoms with Crippen LogP contribution in [0.1, 0.15) is 31.3 Å². The van der Waals surface area contributed by atoms with Gasteiger partial charge in [0.25, 0.3) is 5.91 Å². The molecule has 0 spiro atoms. The van der Waals surface area contributed by atoms with Crippen molar-refractivity contribution in [3.05, 3.63) is 17.8 Å². The fourth-order valence-electron chi connectivity index (χ4n) is 1.13. The Labute approximate surface area is 101 Å². The summed E-state index contributed by atoms with van der Waals surface area (Å²) in [7, 11) is 0. The minimum Gasteiger partial charge on any atom is -0.353 e. The molecule has 1 heterocycles. The maximum Gasteiger partial charge on any atom is 0.271 e. The molecule has 0 unspecified atom stereocenters. The van der Waals surface area contributed by atoms with Gasteiger partial charge in [-0.05, 0) is 32.9 Å². The molecular formula is C12H16N4O. The Morgan fingerprint density at radius 1 is 1.47 bits per heavy atom. The molecule has 1 aromatic rings. The number of carbonyl (C=O) groups is 1. The van der Waals surface area contributed by atoms with Crippen LogP contribution >= 0.6 is 0 Å². The van der Waals surface area contributed by atoms with Gasteiger partial charge in [-0.2, -0.15) is 0 Å². The lowest BCUT2D eigenvalue weighted by Gasteiger charge is -2.19. The number of nitrogens with zero attached hydrogens (tertiary/aromatic N) is 2. The van der Waals surface area contributed by atoms with Gasteiger partial charge in [0.1, 0.15) is 5.82 Å². The van der Waals surface area contributed by atoms with Crippen LogP contribution in [0.2, 0.25) is 0 Å². The number of anilines is 1. The number of nitrogens with one attached hydrogen (secondary N) is 2. The number of terminal acetylenes is 1. The molecule has 0 aliphatic rings. The normalized spacial score (nSPS) is 10.5. The molecule has 1 aromatic heterocycles. The quantitative estimate of drug-likeness (QED) is 0.761. The fraction of sp³-hybridized carbons (Fsp3) is 0.417. The molecule has 17 heavy (non-hydrogen) atoms. The van der Waals surface area contributed by atoms with E-state index in [1.54, 1.807) is 12.1 Å². The second-order valence-electron chi connectivity index (χ2n) is 4.06. The predicted octanol–water partition coefficient (Wildman–Crippen LogP) is 1.05. The first-order valence-electron chi connectivity index (χ1n) is 5.36. The summed E-state index contributed by atoms with van der Waals surface area (Å²) in [6.07, 6.45) is 5.35. The highest BCUT2D eigenvalue weighted by atomic mass is 16.1. The van der Waals surface area contributed by atoms with Gasteiger partial charge in [0.05, 0.1) is 5.54 Å². The van der Waals surface area contributed by atoms with E-state index in [9.17, 15) is 4.79 Å². The zero-order valence-electron chi connectivity index (χ0n) is 10.2. The summed E-state index contributed by atoms with van der Waals surface area (Å²) >= 11 is 0. The van der Waals surface area contributed by atoms with Crippen molar-refractivity contribution < 1.29 is 4.79 Å². The summed E-state index contributed by atoms with van der Waals surface area (Å²) in [5, 5.41) is 13.4. The van der Waals surface area contributed by atoms with E-state index in [2.05, 4.69) is 26.8 Å². The molecular weight excluding hydrogens is 216 g/mol. The standard InChI is InChI=1S/C12H16N4O/c1-5-12(3,4)14-10-8-7-9(15-16-10)11(17)13-6-2/h1,7-8H,6H2,2-4H3,(H,13,17)(H,14,16). The molecule has 0 aliphatic heterocycles. The van der Waals surface area contributed by atoms with E-state index < -0.39 is 5.54 Å². The number of hydrogen-bond acceptors (Lipinski definition) is 4. The average molecular weight is 232 g/mol. The van der Waals surface area contributed by atoms with E-state index in [0.717, 1.165) is 0 Å². The second kappa shape index (κ2) is 5.30. The molecule has 2 N–H and O–H groups in total. The van der Waals surface area contributed by atoms with Crippen LogP contribution in [0.25, 0.3) is 0 Å². The largest absolute Gasteiger partial charge is 0.353 e. The predicted molar refractivity (Wildman–Crippen MR) is 66.6 cm³/mol. The van der Waals surface area contributed by atoms with E-state index in [4.69, 9.17) is 6.42 Å². The number of amides is 1. The third kappa shape index (κ3) is 3.76. The molecule has 0 bridgehead atoms. The van der Waals surface area contributed by atoms with E-state index in [-0.39, 0.29) is 11.6 Å². The third-order valence-electron chi connectivity index (χ3n) is 2.04. The summed E-state index contributed by atoms with van der Waals surface area (Å²) in [5.74, 6) is 2.90. The Bertz CT molecular complexity index is 431. The van der Waals surface area contributed by atoms with Crippen LogP contribution in [-0.4, -0.2) is 28.2 Å². The Balaban J connectivity index is 2.76. The average Bonchev–Trinajstić information content (AvgIpc) is 2.30. The van der Waals surface area contributed by atoms with Gasteiger partial charge in [-0.15, -0.1) is 16.6 Å². The molecule has 90 valence electrons. The van der Waals surface area contributed by atoms with Gasteiger partial charge in [-0.3, -0.25) is 4.79 Å². The summed E-state index contributed by atoms with van der Waals surface area (Å²) in [6.45, 7) is 6.11. The minimum atomic E-state index is -0.498. The molecule has 5 nitrogen and oxygen atoms in total. The maximum absolute atomic E-state index is 11.4. The number of hydrogen-bond donors (Lipinski definition) is 2. The lowest BCUT2D eigenvalue weighted by molar-refractivity contribution is 0.0950. The Kier molecular flexibility index (Phi) is 4.05. The van der Waals surface area contributed by atoms with Gasteiger partial charge in [-0.1, -0.05) is 5.92 Å². The van der Waals surface area contributed by atoms with Crippen molar-refractivity contribution >= 4 is 11.7 Å². The van der Waals surface area contributed by atoms with Gasteiger partial charge in [-0.25, -0.2) is 0 Å². The maximum atomic E-state index is 11.4. The van der Waals surface area contributed by atoms with Crippen LogP contribution in [0, 0.1) is 12.3 Å². The summed E-state index contributed by atoms with van der Waals surface area (Å²) in [4.78, 5) is 11.4. The Hall–Kier alpha value is -2.09. The SMILES string of the molecule is C#CC(C)(C)Nc1ccc(C(=O)NCC)nn1. The molecule has 0 aromatic carbocycles. The van der Waals surface area contributed by atoms with E-state index >= 15 is 0 Å². The molecule has 1 amide bonds. The highest BCUT2D eigenvalue weighted by molar-refractivity contribution is 5.92. The topological polar surface area (TPSA) is 66.9 Å². The van der Waals surface area contributed by atoms with Gasteiger partial charge < -0.3 is 10.6 Å². The first-order valence-corrected chi connectivity index (χ1v) is 5.36. The fourth-order valence-corrected chi connectivity index (χ4v) is 1.13. The monoisotopic (exact) mass is 232 g/mol.